The second kappa shape index (κ2) is 7.03. The Morgan fingerprint density at radius 2 is 1.96 bits per heavy atom. The molecule has 0 fully saturated rings. The molecule has 0 spiro atoms. The zero-order chi connectivity index (χ0) is 18.8. The Kier molecular flexibility index (Phi) is 4.42. The second-order valence-corrected chi connectivity index (χ2v) is 6.41. The highest BCUT2D eigenvalue weighted by Gasteiger charge is 2.20. The number of benzene rings is 2. The quantitative estimate of drug-likeness (QED) is 0.546. The molecule has 2 aromatic heterocycles. The van der Waals surface area contributed by atoms with Crippen LogP contribution in [0, 0.1) is 0 Å². The largest absolute Gasteiger partial charge is 0.356 e. The van der Waals surface area contributed by atoms with Crippen LogP contribution in [0.2, 0.25) is 0 Å². The molecule has 0 saturated heterocycles. The van der Waals surface area contributed by atoms with Gasteiger partial charge in [0.05, 0.1) is 18.2 Å². The monoisotopic (exact) mass is 361 g/mol. The summed E-state index contributed by atoms with van der Waals surface area (Å²) in [4.78, 5) is 18.4. The van der Waals surface area contributed by atoms with Gasteiger partial charge in [-0.2, -0.15) is 5.10 Å². The molecular formula is C20H19N5O2. The predicted molar refractivity (Wildman–Crippen MR) is 100 cm³/mol. The van der Waals surface area contributed by atoms with Crippen molar-refractivity contribution in [2.45, 2.75) is 19.4 Å². The van der Waals surface area contributed by atoms with Crippen molar-refractivity contribution in [3.63, 3.8) is 0 Å². The van der Waals surface area contributed by atoms with Crippen LogP contribution in [0.5, 0.6) is 0 Å². The Bertz CT molecular complexity index is 1050. The van der Waals surface area contributed by atoms with E-state index in [1.807, 2.05) is 55.5 Å². The third kappa shape index (κ3) is 3.31. The van der Waals surface area contributed by atoms with Crippen molar-refractivity contribution in [2.24, 2.45) is 0 Å². The molecular weight excluding hydrogens is 342 g/mol. The zero-order valence-electron chi connectivity index (χ0n) is 15.1. The Morgan fingerprint density at radius 1 is 1.19 bits per heavy atom. The minimum absolute atomic E-state index is 0.0121. The maximum absolute atomic E-state index is 12.7. The zero-order valence-corrected chi connectivity index (χ0v) is 15.1. The van der Waals surface area contributed by atoms with Gasteiger partial charge in [0.15, 0.2) is 5.58 Å². The molecule has 1 amide bonds. The lowest BCUT2D eigenvalue weighted by Crippen LogP contribution is -2.31. The number of hydrogen-bond acceptors (Lipinski definition) is 5. The molecule has 4 aromatic rings. The van der Waals surface area contributed by atoms with E-state index < -0.39 is 0 Å². The van der Waals surface area contributed by atoms with Gasteiger partial charge in [-0.25, -0.2) is 9.67 Å². The maximum atomic E-state index is 12.7. The SMILES string of the molecule is C[C@@H](c1ccc(-n2cncn2)cc1)N(C)C(=O)Cc1noc2ccccc12. The normalized spacial score (nSPS) is 12.2. The van der Waals surface area contributed by atoms with Gasteiger partial charge in [-0.3, -0.25) is 4.79 Å². The van der Waals surface area contributed by atoms with Crippen LogP contribution in [0.4, 0.5) is 0 Å². The van der Waals surface area contributed by atoms with E-state index in [-0.39, 0.29) is 18.4 Å². The molecule has 0 unspecified atom stereocenters. The summed E-state index contributed by atoms with van der Waals surface area (Å²) in [6, 6.07) is 15.4. The Labute approximate surface area is 156 Å². The summed E-state index contributed by atoms with van der Waals surface area (Å²) in [5.41, 5.74) is 3.32. The van der Waals surface area contributed by atoms with Gasteiger partial charge in [0.1, 0.15) is 18.3 Å². The maximum Gasteiger partial charge on any atom is 0.228 e. The van der Waals surface area contributed by atoms with Gasteiger partial charge in [0.25, 0.3) is 0 Å². The Morgan fingerprint density at radius 3 is 2.70 bits per heavy atom. The van der Waals surface area contributed by atoms with E-state index in [2.05, 4.69) is 15.2 Å². The highest BCUT2D eigenvalue weighted by atomic mass is 16.5. The van der Waals surface area contributed by atoms with Crippen LogP contribution in [-0.2, 0) is 11.2 Å². The van der Waals surface area contributed by atoms with Gasteiger partial charge in [-0.1, -0.05) is 29.4 Å². The van der Waals surface area contributed by atoms with E-state index in [0.29, 0.717) is 11.3 Å². The molecule has 0 N–H and O–H groups in total. The number of hydrogen-bond donors (Lipinski definition) is 0. The minimum Gasteiger partial charge on any atom is -0.356 e. The fourth-order valence-electron chi connectivity index (χ4n) is 3.02. The molecule has 7 nitrogen and oxygen atoms in total. The molecule has 4 rings (SSSR count). The van der Waals surface area contributed by atoms with Crippen molar-refractivity contribution in [2.75, 3.05) is 7.05 Å². The summed E-state index contributed by atoms with van der Waals surface area (Å²) in [7, 11) is 1.81. The molecule has 2 aromatic carbocycles. The van der Waals surface area contributed by atoms with Crippen molar-refractivity contribution in [3.8, 4) is 5.69 Å². The number of likely N-dealkylation sites (N-methyl/N-ethyl adjacent to an activating group) is 1. The van der Waals surface area contributed by atoms with Crippen molar-refractivity contribution in [1.29, 1.82) is 0 Å². The molecule has 136 valence electrons. The molecule has 0 aliphatic rings. The molecule has 0 aliphatic carbocycles. The van der Waals surface area contributed by atoms with Gasteiger partial charge < -0.3 is 9.42 Å². The third-order valence-electron chi connectivity index (χ3n) is 4.80. The number of aromatic nitrogens is 4. The Hall–Kier alpha value is -3.48. The summed E-state index contributed by atoms with van der Waals surface area (Å²) in [6.45, 7) is 2.00. The number of fused-ring (bicyclic) bond motifs is 1. The summed E-state index contributed by atoms with van der Waals surface area (Å²) >= 11 is 0. The smallest absolute Gasteiger partial charge is 0.228 e. The van der Waals surface area contributed by atoms with Crippen LogP contribution in [0.1, 0.15) is 24.2 Å². The fraction of sp³-hybridized carbons (Fsp3) is 0.200. The molecule has 27 heavy (non-hydrogen) atoms. The topological polar surface area (TPSA) is 77.1 Å². The highest BCUT2D eigenvalue weighted by Crippen LogP contribution is 2.23. The Balaban J connectivity index is 1.48. The van der Waals surface area contributed by atoms with E-state index in [1.54, 1.807) is 23.0 Å². The minimum atomic E-state index is -0.0690. The number of carbonyl (C=O) groups excluding carboxylic acids is 1. The van der Waals surface area contributed by atoms with E-state index in [9.17, 15) is 4.79 Å². The average Bonchev–Trinajstić information content (AvgIpc) is 3.38. The van der Waals surface area contributed by atoms with E-state index >= 15 is 0 Å². The van der Waals surface area contributed by atoms with Crippen molar-refractivity contribution < 1.29 is 9.32 Å². The average molecular weight is 361 g/mol. The van der Waals surface area contributed by atoms with Gasteiger partial charge in [-0.15, -0.1) is 0 Å². The summed E-state index contributed by atoms with van der Waals surface area (Å²) in [5, 5.41) is 9.05. The van der Waals surface area contributed by atoms with Crippen LogP contribution in [0.25, 0.3) is 16.7 Å². The number of amides is 1. The first-order chi connectivity index (χ1) is 13.1. The first kappa shape index (κ1) is 17.0. The van der Waals surface area contributed by atoms with Crippen LogP contribution >= 0.6 is 0 Å². The first-order valence-electron chi connectivity index (χ1n) is 8.67. The lowest BCUT2D eigenvalue weighted by atomic mass is 10.1. The molecule has 2 heterocycles. The second-order valence-electron chi connectivity index (χ2n) is 6.41. The standard InChI is InChI=1S/C20H19N5O2/c1-14(15-7-9-16(10-8-15)25-13-21-12-22-25)24(2)20(26)11-18-17-5-3-4-6-19(17)27-23-18/h3-10,12-14H,11H2,1-2H3/t14-/m0/s1. The van der Waals surface area contributed by atoms with Crippen LogP contribution < -0.4 is 0 Å². The number of carbonyl (C=O) groups is 1. The molecule has 1 atom stereocenters. The fourth-order valence-corrected chi connectivity index (χ4v) is 3.02. The van der Waals surface area contributed by atoms with Crippen molar-refractivity contribution >= 4 is 16.9 Å². The van der Waals surface area contributed by atoms with Crippen LogP contribution in [0.3, 0.4) is 0 Å². The van der Waals surface area contributed by atoms with E-state index in [0.717, 1.165) is 16.6 Å². The lowest BCUT2D eigenvalue weighted by Gasteiger charge is -2.25. The number of para-hydroxylation sites is 1. The van der Waals surface area contributed by atoms with Crippen molar-refractivity contribution in [1.82, 2.24) is 24.8 Å². The van der Waals surface area contributed by atoms with Crippen LogP contribution in [0.15, 0.2) is 65.7 Å². The van der Waals surface area contributed by atoms with Gasteiger partial charge >= 0.3 is 0 Å². The first-order valence-corrected chi connectivity index (χ1v) is 8.67. The number of rotatable bonds is 5. The molecule has 0 bridgehead atoms. The van der Waals surface area contributed by atoms with E-state index in [1.165, 1.54) is 6.33 Å². The predicted octanol–water partition coefficient (Wildman–Crippen LogP) is 3.17. The molecule has 0 aliphatic heterocycles. The van der Waals surface area contributed by atoms with Crippen LogP contribution in [-0.4, -0.2) is 37.8 Å². The van der Waals surface area contributed by atoms with Gasteiger partial charge in [0.2, 0.25) is 5.91 Å². The molecule has 0 radical (unpaired) electrons. The van der Waals surface area contributed by atoms with Gasteiger partial charge in [0, 0.05) is 12.4 Å². The summed E-state index contributed by atoms with van der Waals surface area (Å²) in [6.07, 6.45) is 3.35. The number of nitrogens with zero attached hydrogens (tertiary/aromatic N) is 5. The van der Waals surface area contributed by atoms with Gasteiger partial charge in [-0.05, 0) is 36.8 Å². The van der Waals surface area contributed by atoms with E-state index in [4.69, 9.17) is 4.52 Å². The van der Waals surface area contributed by atoms with Crippen molar-refractivity contribution in [3.05, 3.63) is 72.4 Å². The third-order valence-corrected chi connectivity index (χ3v) is 4.80. The highest BCUT2D eigenvalue weighted by molar-refractivity contribution is 5.86. The molecule has 0 saturated carbocycles. The molecule has 7 heteroatoms. The lowest BCUT2D eigenvalue weighted by molar-refractivity contribution is -0.131. The summed E-state index contributed by atoms with van der Waals surface area (Å²) < 4.78 is 6.98. The summed E-state index contributed by atoms with van der Waals surface area (Å²) in [5.74, 6) is -0.0121.